The smallest absolute Gasteiger partial charge is 0.298 e. The van der Waals surface area contributed by atoms with Gasteiger partial charge < -0.3 is 0 Å². The molecule has 2 aromatic rings. The molecule has 0 saturated carbocycles. The summed E-state index contributed by atoms with van der Waals surface area (Å²) in [5, 5.41) is 0. The molecule has 7 nitrogen and oxygen atoms in total. The summed E-state index contributed by atoms with van der Waals surface area (Å²) < 4.78 is 15.8. The van der Waals surface area contributed by atoms with E-state index in [1.165, 1.54) is 20.9 Å². The van der Waals surface area contributed by atoms with E-state index in [1.54, 1.807) is 0 Å². The van der Waals surface area contributed by atoms with Gasteiger partial charge in [-0.1, -0.05) is 0 Å². The van der Waals surface area contributed by atoms with E-state index >= 15 is 0 Å². The second-order valence-electron chi connectivity index (χ2n) is 4.13. The molecule has 0 N–H and O–H groups in total. The number of ketones is 1. The number of carbonyl (C=O) groups is 1. The largest absolute Gasteiger partial charge is 0.332 e. The third-order valence-corrected chi connectivity index (χ3v) is 3.29. The zero-order chi connectivity index (χ0) is 14.3. The average molecular weight is 286 g/mol. The molecular weight excluding hydrogens is 275 g/mol. The maximum Gasteiger partial charge on any atom is 0.332 e. The Hall–Kier alpha value is -1.90. The van der Waals surface area contributed by atoms with Crippen molar-refractivity contribution in [3.8, 4) is 0 Å². The molecule has 9 heteroatoms. The van der Waals surface area contributed by atoms with Crippen LogP contribution in [-0.4, -0.2) is 23.9 Å². The Bertz CT molecular complexity index is 789. The van der Waals surface area contributed by atoms with E-state index < -0.39 is 11.2 Å². The van der Waals surface area contributed by atoms with Crippen LogP contribution in [0.2, 0.25) is 0 Å². The van der Waals surface area contributed by atoms with Crippen LogP contribution in [0.15, 0.2) is 9.59 Å². The van der Waals surface area contributed by atoms with Crippen LogP contribution in [-0.2, 0) is 18.4 Å². The van der Waals surface area contributed by atoms with Crippen molar-refractivity contribution in [1.82, 2.24) is 18.1 Å². The van der Waals surface area contributed by atoms with Gasteiger partial charge in [-0.2, -0.15) is 0 Å². The molecule has 102 valence electrons. The first-order chi connectivity index (χ1) is 8.88. The average Bonchev–Trinajstić information content (AvgIpc) is 2.68. The van der Waals surface area contributed by atoms with Crippen molar-refractivity contribution in [3.05, 3.63) is 26.7 Å². The Morgan fingerprint density at radius 1 is 1.42 bits per heavy atom. The fourth-order valence-electron chi connectivity index (χ4n) is 1.85. The standard InChI is InChI=1S/C10H11FN4O3S/c1-5(16)4-14-9(17)7-8(13(3)10(14)18)12-6(2)15(7)19-11/h4H2,1-3H3. The molecule has 0 spiro atoms. The van der Waals surface area contributed by atoms with Gasteiger partial charge >= 0.3 is 5.69 Å². The number of imidazole rings is 1. The summed E-state index contributed by atoms with van der Waals surface area (Å²) in [5.41, 5.74) is -1.33. The fraction of sp³-hybridized carbons (Fsp3) is 0.400. The molecule has 2 rings (SSSR count). The van der Waals surface area contributed by atoms with Crippen LogP contribution in [0.4, 0.5) is 3.89 Å². The zero-order valence-electron chi connectivity index (χ0n) is 10.5. The van der Waals surface area contributed by atoms with Gasteiger partial charge in [0.1, 0.15) is 11.6 Å². The molecule has 0 aliphatic heterocycles. The summed E-state index contributed by atoms with van der Waals surface area (Å²) in [6.45, 7) is 2.44. The summed E-state index contributed by atoms with van der Waals surface area (Å²) in [6, 6.07) is 0. The Morgan fingerprint density at radius 2 is 2.05 bits per heavy atom. The third kappa shape index (κ3) is 1.99. The van der Waals surface area contributed by atoms with Crippen molar-refractivity contribution in [1.29, 1.82) is 0 Å². The van der Waals surface area contributed by atoms with E-state index in [4.69, 9.17) is 0 Å². The first kappa shape index (κ1) is 13.5. The van der Waals surface area contributed by atoms with Gasteiger partial charge in [-0.25, -0.2) is 13.8 Å². The highest BCUT2D eigenvalue weighted by atomic mass is 32.2. The molecule has 0 saturated heterocycles. The Kier molecular flexibility index (Phi) is 3.31. The van der Waals surface area contributed by atoms with Gasteiger partial charge in [0, 0.05) is 7.05 Å². The van der Waals surface area contributed by atoms with E-state index in [0.29, 0.717) is 0 Å². The van der Waals surface area contributed by atoms with Crippen molar-refractivity contribution in [2.75, 3.05) is 0 Å². The highest BCUT2D eigenvalue weighted by Gasteiger charge is 2.19. The van der Waals surface area contributed by atoms with E-state index in [2.05, 4.69) is 4.98 Å². The van der Waals surface area contributed by atoms with Gasteiger partial charge in [0.15, 0.2) is 23.5 Å². The zero-order valence-corrected chi connectivity index (χ0v) is 11.3. The Balaban J connectivity index is 2.98. The van der Waals surface area contributed by atoms with Crippen LogP contribution in [0.3, 0.4) is 0 Å². The number of Topliss-reactive ketones (excluding diaryl/α,β-unsaturated/α-hetero) is 1. The molecule has 19 heavy (non-hydrogen) atoms. The van der Waals surface area contributed by atoms with Crippen molar-refractivity contribution >= 4 is 29.3 Å². The molecule has 0 unspecified atom stereocenters. The van der Waals surface area contributed by atoms with Crippen molar-refractivity contribution < 1.29 is 8.68 Å². The first-order valence-corrected chi connectivity index (χ1v) is 6.03. The minimum atomic E-state index is -0.723. The number of hydrogen-bond acceptors (Lipinski definition) is 5. The van der Waals surface area contributed by atoms with Crippen LogP contribution in [0.25, 0.3) is 11.2 Å². The maximum absolute atomic E-state index is 12.9. The summed E-state index contributed by atoms with van der Waals surface area (Å²) in [4.78, 5) is 39.3. The first-order valence-electron chi connectivity index (χ1n) is 5.36. The number of nitrogens with zero attached hydrogens (tertiary/aromatic N) is 4. The lowest BCUT2D eigenvalue weighted by Gasteiger charge is -2.06. The lowest BCUT2D eigenvalue weighted by Crippen LogP contribution is -2.40. The maximum atomic E-state index is 12.9. The molecule has 2 heterocycles. The lowest BCUT2D eigenvalue weighted by atomic mass is 10.4. The van der Waals surface area contributed by atoms with E-state index in [9.17, 15) is 18.3 Å². The third-order valence-electron chi connectivity index (χ3n) is 2.71. The van der Waals surface area contributed by atoms with Gasteiger partial charge in [-0.05, 0) is 13.8 Å². The normalized spacial score (nSPS) is 11.2. The summed E-state index contributed by atoms with van der Waals surface area (Å²) >= 11 is -0.172. The molecular formula is C10H11FN4O3S. The molecule has 0 aliphatic carbocycles. The Morgan fingerprint density at radius 3 is 2.58 bits per heavy atom. The molecule has 0 aromatic carbocycles. The Labute approximate surface area is 111 Å². The van der Waals surface area contributed by atoms with Gasteiger partial charge in [0.05, 0.1) is 6.54 Å². The number of fused-ring (bicyclic) bond motifs is 1. The van der Waals surface area contributed by atoms with Crippen molar-refractivity contribution in [3.63, 3.8) is 0 Å². The van der Waals surface area contributed by atoms with Crippen LogP contribution in [0.5, 0.6) is 0 Å². The topological polar surface area (TPSA) is 78.9 Å². The van der Waals surface area contributed by atoms with Crippen molar-refractivity contribution in [2.24, 2.45) is 7.05 Å². The molecule has 0 bridgehead atoms. The molecule has 0 amide bonds. The van der Waals surface area contributed by atoms with Gasteiger partial charge in [-0.15, -0.1) is 3.89 Å². The quantitative estimate of drug-likeness (QED) is 0.804. The predicted molar refractivity (Wildman–Crippen MR) is 68.7 cm³/mol. The van der Waals surface area contributed by atoms with Crippen LogP contribution < -0.4 is 11.2 Å². The fourth-order valence-corrected chi connectivity index (χ4v) is 2.22. The molecule has 2 aromatic heterocycles. The molecule has 0 radical (unpaired) electrons. The van der Waals surface area contributed by atoms with Crippen LogP contribution in [0.1, 0.15) is 12.7 Å². The van der Waals surface area contributed by atoms with Crippen LogP contribution >= 0.6 is 12.3 Å². The van der Waals surface area contributed by atoms with E-state index in [-0.39, 0.29) is 41.7 Å². The van der Waals surface area contributed by atoms with E-state index in [0.717, 1.165) is 13.1 Å². The molecule has 0 fully saturated rings. The van der Waals surface area contributed by atoms with Crippen molar-refractivity contribution in [2.45, 2.75) is 20.4 Å². The highest BCUT2D eigenvalue weighted by Crippen LogP contribution is 2.18. The number of halogens is 1. The number of rotatable bonds is 3. The van der Waals surface area contributed by atoms with Gasteiger partial charge in [0.2, 0.25) is 0 Å². The monoisotopic (exact) mass is 286 g/mol. The lowest BCUT2D eigenvalue weighted by molar-refractivity contribution is -0.117. The molecule has 0 atom stereocenters. The number of aromatic nitrogens is 4. The number of hydrogen-bond donors (Lipinski definition) is 0. The summed E-state index contributed by atoms with van der Waals surface area (Å²) in [5.74, 6) is -0.0792. The second-order valence-corrected chi connectivity index (χ2v) is 4.63. The summed E-state index contributed by atoms with van der Waals surface area (Å²) in [7, 11) is 1.42. The van der Waals surface area contributed by atoms with E-state index in [1.807, 2.05) is 0 Å². The van der Waals surface area contributed by atoms with Gasteiger partial charge in [0.25, 0.3) is 5.56 Å². The SMILES string of the molecule is CC(=O)Cn1c(=O)c2c(nc(C)n2SF)n(C)c1=O. The minimum absolute atomic E-state index is 0.0478. The molecule has 0 aliphatic rings. The second kappa shape index (κ2) is 4.65. The number of aryl methyl sites for hydroxylation is 2. The predicted octanol–water partition coefficient (Wildman–Crippen LogP) is 0.175. The minimum Gasteiger partial charge on any atom is -0.298 e. The number of carbonyl (C=O) groups excluding carboxylic acids is 1. The highest BCUT2D eigenvalue weighted by molar-refractivity contribution is 7.92. The van der Waals surface area contributed by atoms with Crippen LogP contribution in [0, 0.1) is 6.92 Å². The van der Waals surface area contributed by atoms with Gasteiger partial charge in [-0.3, -0.25) is 18.7 Å². The summed E-state index contributed by atoms with van der Waals surface area (Å²) in [6.07, 6.45) is 0.